The van der Waals surface area contributed by atoms with Crippen LogP contribution in [-0.2, 0) is 17.5 Å². The maximum absolute atomic E-state index is 13.3. The summed E-state index contributed by atoms with van der Waals surface area (Å²) in [6, 6.07) is 3.85. The Labute approximate surface area is 204 Å². The van der Waals surface area contributed by atoms with Crippen LogP contribution >= 0.6 is 11.3 Å². The first kappa shape index (κ1) is 25.1. The highest BCUT2D eigenvalue weighted by Gasteiger charge is 2.42. The highest BCUT2D eigenvalue weighted by Crippen LogP contribution is 2.37. The van der Waals surface area contributed by atoms with Crippen LogP contribution in [0.1, 0.15) is 52.7 Å². The highest BCUT2D eigenvalue weighted by atomic mass is 32.1. The van der Waals surface area contributed by atoms with Crippen LogP contribution in [0.15, 0.2) is 16.7 Å². The molecule has 3 aromatic heterocycles. The van der Waals surface area contributed by atoms with Gasteiger partial charge in [0, 0.05) is 24.5 Å². The Morgan fingerprint density at radius 1 is 1.14 bits per heavy atom. The average molecular weight is 510 g/mol. The SMILES string of the molecule is Cc1cc(-c2sc(N3C[C@@H](C)O[C@@H](C)C3)nc2CNC(=O)c2c(C)noc2C(F)(F)F)cc(C)n1. The first-order valence-corrected chi connectivity index (χ1v) is 11.9. The normalized spacial score (nSPS) is 18.7. The predicted octanol–water partition coefficient (Wildman–Crippen LogP) is 4.68. The first-order chi connectivity index (χ1) is 16.4. The maximum Gasteiger partial charge on any atom is 0.453 e. The number of ether oxygens (including phenoxy) is 1. The third-order valence-electron chi connectivity index (χ3n) is 5.48. The topological polar surface area (TPSA) is 93.4 Å². The average Bonchev–Trinajstić information content (AvgIpc) is 3.34. The highest BCUT2D eigenvalue weighted by molar-refractivity contribution is 7.19. The zero-order chi connectivity index (χ0) is 25.5. The van der Waals surface area contributed by atoms with Crippen molar-refractivity contribution in [3.63, 3.8) is 0 Å². The minimum atomic E-state index is -4.83. The number of amides is 1. The standard InChI is InChI=1S/C23H26F3N5O3S/c1-11-6-16(7-12(2)28-11)19-17(29-22(35-19)31-9-13(3)33-14(4)10-31)8-27-21(32)18-15(5)30-34-20(18)23(24,25)26/h6-7,13-14H,8-10H2,1-5H3,(H,27,32)/t13-,14+. The zero-order valence-corrected chi connectivity index (χ0v) is 20.8. The van der Waals surface area contributed by atoms with Gasteiger partial charge in [-0.25, -0.2) is 4.98 Å². The quantitative estimate of drug-likeness (QED) is 0.534. The molecule has 1 fully saturated rings. The van der Waals surface area contributed by atoms with Gasteiger partial charge in [0.2, 0.25) is 0 Å². The number of hydrogen-bond acceptors (Lipinski definition) is 8. The first-order valence-electron chi connectivity index (χ1n) is 11.1. The van der Waals surface area contributed by atoms with Crippen molar-refractivity contribution >= 4 is 22.4 Å². The molecular weight excluding hydrogens is 483 g/mol. The molecule has 1 aliphatic heterocycles. The van der Waals surface area contributed by atoms with Crippen LogP contribution in [0.3, 0.4) is 0 Å². The zero-order valence-electron chi connectivity index (χ0n) is 20.0. The van der Waals surface area contributed by atoms with Gasteiger partial charge in [-0.2, -0.15) is 13.2 Å². The van der Waals surface area contributed by atoms with E-state index in [2.05, 4.69) is 24.9 Å². The Kier molecular flexibility index (Phi) is 6.87. The van der Waals surface area contributed by atoms with E-state index in [1.54, 1.807) is 0 Å². The molecule has 3 aromatic rings. The molecule has 0 bridgehead atoms. The molecule has 35 heavy (non-hydrogen) atoms. The maximum atomic E-state index is 13.3. The fraction of sp³-hybridized carbons (Fsp3) is 0.478. The Hall–Kier alpha value is -2.99. The number of halogens is 3. The fourth-order valence-corrected chi connectivity index (χ4v) is 5.29. The Bertz CT molecular complexity index is 1210. The lowest BCUT2D eigenvalue weighted by atomic mass is 10.1. The lowest BCUT2D eigenvalue weighted by molar-refractivity contribution is -0.155. The molecule has 0 saturated carbocycles. The van der Waals surface area contributed by atoms with Crippen molar-refractivity contribution in [2.75, 3.05) is 18.0 Å². The summed E-state index contributed by atoms with van der Waals surface area (Å²) in [6.07, 6.45) is -4.78. The summed E-state index contributed by atoms with van der Waals surface area (Å²) in [7, 11) is 0. The molecule has 188 valence electrons. The number of rotatable bonds is 5. The summed E-state index contributed by atoms with van der Waals surface area (Å²) in [4.78, 5) is 24.9. The minimum absolute atomic E-state index is 0.0250. The van der Waals surface area contributed by atoms with Crippen molar-refractivity contribution in [1.82, 2.24) is 20.4 Å². The molecule has 12 heteroatoms. The van der Waals surface area contributed by atoms with E-state index < -0.39 is 23.4 Å². The van der Waals surface area contributed by atoms with E-state index in [1.807, 2.05) is 39.8 Å². The third kappa shape index (κ3) is 5.48. The summed E-state index contributed by atoms with van der Waals surface area (Å²) in [5, 5.41) is 6.66. The fourth-order valence-electron chi connectivity index (χ4n) is 4.20. The Morgan fingerprint density at radius 3 is 2.37 bits per heavy atom. The Morgan fingerprint density at radius 2 is 1.77 bits per heavy atom. The largest absolute Gasteiger partial charge is 0.453 e. The molecule has 1 saturated heterocycles. The molecule has 0 unspecified atom stereocenters. The van der Waals surface area contributed by atoms with Crippen molar-refractivity contribution < 1.29 is 27.2 Å². The number of nitrogens with one attached hydrogen (secondary N) is 1. The smallest absolute Gasteiger partial charge is 0.372 e. The molecule has 8 nitrogen and oxygen atoms in total. The summed E-state index contributed by atoms with van der Waals surface area (Å²) >= 11 is 1.47. The van der Waals surface area contributed by atoms with Crippen LogP contribution in [0.5, 0.6) is 0 Å². The van der Waals surface area contributed by atoms with Gasteiger partial charge in [0.15, 0.2) is 5.13 Å². The van der Waals surface area contributed by atoms with Gasteiger partial charge in [-0.1, -0.05) is 16.5 Å². The molecule has 2 atom stereocenters. The van der Waals surface area contributed by atoms with E-state index >= 15 is 0 Å². The third-order valence-corrected chi connectivity index (χ3v) is 6.69. The number of anilines is 1. The number of hydrogen-bond donors (Lipinski definition) is 1. The van der Waals surface area contributed by atoms with Gasteiger partial charge in [0.25, 0.3) is 11.7 Å². The molecule has 4 heterocycles. The van der Waals surface area contributed by atoms with Crippen molar-refractivity contribution in [2.24, 2.45) is 0 Å². The van der Waals surface area contributed by atoms with Crippen molar-refractivity contribution in [3.8, 4) is 10.4 Å². The van der Waals surface area contributed by atoms with Gasteiger partial charge in [0.1, 0.15) is 5.56 Å². The van der Waals surface area contributed by atoms with Crippen LogP contribution < -0.4 is 10.2 Å². The van der Waals surface area contributed by atoms with Crippen molar-refractivity contribution in [1.29, 1.82) is 0 Å². The molecule has 1 N–H and O–H groups in total. The van der Waals surface area contributed by atoms with Crippen LogP contribution in [-0.4, -0.2) is 46.3 Å². The number of carbonyl (C=O) groups excluding carboxylic acids is 1. The molecule has 0 aliphatic carbocycles. The number of morpholine rings is 1. The van der Waals surface area contributed by atoms with Crippen molar-refractivity contribution in [3.05, 3.63) is 46.2 Å². The van der Waals surface area contributed by atoms with Gasteiger partial charge in [0.05, 0.1) is 35.0 Å². The minimum Gasteiger partial charge on any atom is -0.372 e. The van der Waals surface area contributed by atoms with Gasteiger partial charge in [-0.3, -0.25) is 9.78 Å². The number of aromatic nitrogens is 3. The van der Waals surface area contributed by atoms with E-state index in [4.69, 9.17) is 9.72 Å². The second-order valence-corrected chi connectivity index (χ2v) is 9.70. The van der Waals surface area contributed by atoms with Crippen LogP contribution in [0, 0.1) is 20.8 Å². The van der Waals surface area contributed by atoms with E-state index in [-0.39, 0.29) is 24.4 Å². The number of carbonyl (C=O) groups is 1. The van der Waals surface area contributed by atoms with Crippen LogP contribution in [0.2, 0.25) is 0 Å². The summed E-state index contributed by atoms with van der Waals surface area (Å²) in [6.45, 7) is 10.3. The number of thiazole rings is 1. The number of aryl methyl sites for hydroxylation is 3. The molecule has 1 amide bonds. The van der Waals surface area contributed by atoms with E-state index in [0.29, 0.717) is 18.8 Å². The van der Waals surface area contributed by atoms with Crippen LogP contribution in [0.4, 0.5) is 18.3 Å². The molecule has 1 aliphatic rings. The number of alkyl halides is 3. The van der Waals surface area contributed by atoms with Gasteiger partial charge in [-0.15, -0.1) is 0 Å². The lowest BCUT2D eigenvalue weighted by Gasteiger charge is -2.35. The monoisotopic (exact) mass is 509 g/mol. The van der Waals surface area contributed by atoms with Gasteiger partial charge in [-0.05, 0) is 52.3 Å². The Balaban J connectivity index is 1.66. The summed E-state index contributed by atoms with van der Waals surface area (Å²) in [5.41, 5.74) is 2.33. The van der Waals surface area contributed by atoms with Gasteiger partial charge < -0.3 is 19.5 Å². The van der Waals surface area contributed by atoms with E-state index in [9.17, 15) is 18.0 Å². The van der Waals surface area contributed by atoms with E-state index in [1.165, 1.54) is 18.3 Å². The van der Waals surface area contributed by atoms with Crippen LogP contribution in [0.25, 0.3) is 10.4 Å². The second-order valence-electron chi connectivity index (χ2n) is 8.73. The predicted molar refractivity (Wildman–Crippen MR) is 124 cm³/mol. The summed E-state index contributed by atoms with van der Waals surface area (Å²) < 4.78 is 50.0. The van der Waals surface area contributed by atoms with E-state index in [0.717, 1.165) is 27.0 Å². The van der Waals surface area contributed by atoms with Crippen molar-refractivity contribution in [2.45, 2.75) is 59.5 Å². The summed E-state index contributed by atoms with van der Waals surface area (Å²) in [5.74, 6) is -2.34. The number of nitrogens with zero attached hydrogens (tertiary/aromatic N) is 4. The molecule has 0 aromatic carbocycles. The lowest BCUT2D eigenvalue weighted by Crippen LogP contribution is -2.45. The molecule has 0 spiro atoms. The van der Waals surface area contributed by atoms with Gasteiger partial charge >= 0.3 is 6.18 Å². The molecular formula is C23H26F3N5O3S. The number of pyridine rings is 1. The molecule has 4 rings (SSSR count). The molecule has 0 radical (unpaired) electrons. The second kappa shape index (κ2) is 9.57.